The van der Waals surface area contributed by atoms with Gasteiger partial charge in [0.15, 0.2) is 6.61 Å². The molecular formula is C25H27ClN2O4. The van der Waals surface area contributed by atoms with Gasteiger partial charge in [0, 0.05) is 23.7 Å². The third-order valence-corrected chi connectivity index (χ3v) is 6.51. The molecule has 7 heteroatoms. The van der Waals surface area contributed by atoms with E-state index in [4.69, 9.17) is 16.3 Å². The first kappa shape index (κ1) is 22.3. The SMILES string of the molecule is O=C(COC(=O)C1CCN(C(=O)c2ccc(Cl)cc2)CC1)NC1CCCc2ccccc21. The third kappa shape index (κ3) is 5.30. The Morgan fingerprint density at radius 1 is 1.00 bits per heavy atom. The average Bonchev–Trinajstić information content (AvgIpc) is 2.83. The minimum atomic E-state index is -0.372. The Hall–Kier alpha value is -2.86. The van der Waals surface area contributed by atoms with E-state index in [0.717, 1.165) is 24.8 Å². The molecule has 1 aliphatic heterocycles. The summed E-state index contributed by atoms with van der Waals surface area (Å²) in [6.07, 6.45) is 3.98. The van der Waals surface area contributed by atoms with Crippen LogP contribution in [-0.4, -0.2) is 42.4 Å². The van der Waals surface area contributed by atoms with Crippen LogP contribution in [-0.2, 0) is 20.7 Å². The molecule has 4 rings (SSSR count). The molecule has 0 saturated carbocycles. The van der Waals surface area contributed by atoms with Crippen LogP contribution in [0.15, 0.2) is 48.5 Å². The number of fused-ring (bicyclic) bond motifs is 1. The van der Waals surface area contributed by atoms with Gasteiger partial charge in [-0.3, -0.25) is 14.4 Å². The summed E-state index contributed by atoms with van der Waals surface area (Å²) in [7, 11) is 0. The van der Waals surface area contributed by atoms with Crippen LogP contribution in [0.2, 0.25) is 5.02 Å². The van der Waals surface area contributed by atoms with E-state index in [1.165, 1.54) is 5.56 Å². The molecule has 168 valence electrons. The number of amides is 2. The molecule has 2 amide bonds. The molecule has 1 N–H and O–H groups in total. The number of hydrogen-bond acceptors (Lipinski definition) is 4. The summed E-state index contributed by atoms with van der Waals surface area (Å²) in [6, 6.07) is 14.9. The number of carbonyl (C=O) groups excluding carboxylic acids is 3. The molecule has 0 spiro atoms. The van der Waals surface area contributed by atoms with Crippen molar-refractivity contribution in [2.45, 2.75) is 38.1 Å². The highest BCUT2D eigenvalue weighted by Crippen LogP contribution is 2.29. The molecule has 2 aromatic carbocycles. The first-order chi connectivity index (χ1) is 15.5. The van der Waals surface area contributed by atoms with Crippen molar-refractivity contribution in [1.82, 2.24) is 10.2 Å². The Morgan fingerprint density at radius 2 is 1.72 bits per heavy atom. The maximum absolute atomic E-state index is 12.6. The highest BCUT2D eigenvalue weighted by molar-refractivity contribution is 6.30. The van der Waals surface area contributed by atoms with Crippen LogP contribution >= 0.6 is 11.6 Å². The molecule has 1 atom stereocenters. The minimum Gasteiger partial charge on any atom is -0.455 e. The van der Waals surface area contributed by atoms with Gasteiger partial charge in [-0.1, -0.05) is 35.9 Å². The van der Waals surface area contributed by atoms with Crippen molar-refractivity contribution in [1.29, 1.82) is 0 Å². The first-order valence-electron chi connectivity index (χ1n) is 11.1. The lowest BCUT2D eigenvalue weighted by Crippen LogP contribution is -2.41. The molecule has 1 saturated heterocycles. The van der Waals surface area contributed by atoms with E-state index >= 15 is 0 Å². The van der Waals surface area contributed by atoms with Gasteiger partial charge < -0.3 is 15.0 Å². The Kier molecular flexibility index (Phi) is 7.10. The predicted molar refractivity (Wildman–Crippen MR) is 121 cm³/mol. The normalized spacial score (nSPS) is 18.5. The maximum atomic E-state index is 12.6. The summed E-state index contributed by atoms with van der Waals surface area (Å²) in [6.45, 7) is 0.681. The van der Waals surface area contributed by atoms with Crippen LogP contribution in [0.1, 0.15) is 53.2 Å². The zero-order valence-corrected chi connectivity index (χ0v) is 18.6. The summed E-state index contributed by atoms with van der Waals surface area (Å²) in [5.74, 6) is -1.02. The molecule has 0 bridgehead atoms. The Labute approximate surface area is 192 Å². The van der Waals surface area contributed by atoms with E-state index in [1.54, 1.807) is 29.2 Å². The fourth-order valence-corrected chi connectivity index (χ4v) is 4.61. The molecule has 1 heterocycles. The quantitative estimate of drug-likeness (QED) is 0.694. The van der Waals surface area contributed by atoms with Crippen LogP contribution in [0, 0.1) is 5.92 Å². The van der Waals surface area contributed by atoms with Gasteiger partial charge in [-0.2, -0.15) is 0 Å². The number of nitrogens with zero attached hydrogens (tertiary/aromatic N) is 1. The Bertz CT molecular complexity index is 984. The van der Waals surface area contributed by atoms with E-state index in [-0.39, 0.29) is 36.4 Å². The number of esters is 1. The number of hydrogen-bond donors (Lipinski definition) is 1. The Balaban J connectivity index is 1.22. The molecule has 2 aliphatic rings. The fourth-order valence-electron chi connectivity index (χ4n) is 4.49. The molecule has 32 heavy (non-hydrogen) atoms. The molecule has 0 aromatic heterocycles. The molecule has 1 fully saturated rings. The van der Waals surface area contributed by atoms with E-state index in [1.807, 2.05) is 18.2 Å². The van der Waals surface area contributed by atoms with Gasteiger partial charge in [0.25, 0.3) is 11.8 Å². The number of benzene rings is 2. The standard InChI is InChI=1S/C25H27ClN2O4/c26-20-10-8-18(9-11-20)24(30)28-14-12-19(13-15-28)25(31)32-16-23(29)27-22-7-3-5-17-4-1-2-6-21(17)22/h1-2,4,6,8-11,19,22H,3,5,7,12-16H2,(H,27,29). The molecule has 1 aliphatic carbocycles. The van der Waals surface area contributed by atoms with Crippen molar-refractivity contribution in [3.8, 4) is 0 Å². The molecular weight excluding hydrogens is 428 g/mol. The number of piperidine rings is 1. The van der Waals surface area contributed by atoms with Gasteiger partial charge >= 0.3 is 5.97 Å². The lowest BCUT2D eigenvalue weighted by Gasteiger charge is -2.31. The van der Waals surface area contributed by atoms with Crippen LogP contribution in [0.25, 0.3) is 0 Å². The average molecular weight is 455 g/mol. The van der Waals surface area contributed by atoms with Gasteiger partial charge in [-0.25, -0.2) is 0 Å². The number of nitrogens with one attached hydrogen (secondary N) is 1. The first-order valence-corrected chi connectivity index (χ1v) is 11.5. The molecule has 6 nitrogen and oxygen atoms in total. The van der Waals surface area contributed by atoms with Crippen molar-refractivity contribution in [2.75, 3.05) is 19.7 Å². The topological polar surface area (TPSA) is 75.7 Å². The van der Waals surface area contributed by atoms with Crippen molar-refractivity contribution in [3.63, 3.8) is 0 Å². The van der Waals surface area contributed by atoms with Gasteiger partial charge in [-0.15, -0.1) is 0 Å². The van der Waals surface area contributed by atoms with E-state index in [9.17, 15) is 14.4 Å². The van der Waals surface area contributed by atoms with Crippen LogP contribution in [0.5, 0.6) is 0 Å². The number of aryl methyl sites for hydroxylation is 1. The van der Waals surface area contributed by atoms with Gasteiger partial charge in [0.05, 0.1) is 12.0 Å². The summed E-state index contributed by atoms with van der Waals surface area (Å²) >= 11 is 5.88. The predicted octanol–water partition coefficient (Wildman–Crippen LogP) is 3.93. The molecule has 2 aromatic rings. The summed E-state index contributed by atoms with van der Waals surface area (Å²) in [5.41, 5.74) is 2.99. The van der Waals surface area contributed by atoms with E-state index in [0.29, 0.717) is 36.5 Å². The fraction of sp³-hybridized carbons (Fsp3) is 0.400. The summed E-state index contributed by atoms with van der Waals surface area (Å²) in [4.78, 5) is 39.2. The number of halogens is 1. The lowest BCUT2D eigenvalue weighted by molar-refractivity contribution is -0.154. The highest BCUT2D eigenvalue weighted by Gasteiger charge is 2.29. The second-order valence-corrected chi connectivity index (χ2v) is 8.83. The zero-order chi connectivity index (χ0) is 22.5. The van der Waals surface area contributed by atoms with Crippen molar-refractivity contribution in [2.24, 2.45) is 5.92 Å². The molecule has 1 unspecified atom stereocenters. The summed E-state index contributed by atoms with van der Waals surface area (Å²) in [5, 5.41) is 3.58. The third-order valence-electron chi connectivity index (χ3n) is 6.26. The Morgan fingerprint density at radius 3 is 2.47 bits per heavy atom. The number of likely N-dealkylation sites (tertiary alicyclic amines) is 1. The van der Waals surface area contributed by atoms with Gasteiger partial charge in [0.2, 0.25) is 0 Å². The number of rotatable bonds is 5. The highest BCUT2D eigenvalue weighted by atomic mass is 35.5. The van der Waals surface area contributed by atoms with Crippen LogP contribution in [0.3, 0.4) is 0 Å². The maximum Gasteiger partial charge on any atom is 0.309 e. The monoisotopic (exact) mass is 454 g/mol. The minimum absolute atomic E-state index is 0.0340. The van der Waals surface area contributed by atoms with Crippen molar-refractivity contribution in [3.05, 3.63) is 70.2 Å². The van der Waals surface area contributed by atoms with Crippen LogP contribution < -0.4 is 5.32 Å². The van der Waals surface area contributed by atoms with Crippen molar-refractivity contribution < 1.29 is 19.1 Å². The second kappa shape index (κ2) is 10.2. The summed E-state index contributed by atoms with van der Waals surface area (Å²) < 4.78 is 5.30. The van der Waals surface area contributed by atoms with Crippen LogP contribution in [0.4, 0.5) is 0 Å². The lowest BCUT2D eigenvalue weighted by atomic mass is 9.88. The largest absolute Gasteiger partial charge is 0.455 e. The number of carbonyl (C=O) groups is 3. The second-order valence-electron chi connectivity index (χ2n) is 8.39. The smallest absolute Gasteiger partial charge is 0.309 e. The van der Waals surface area contributed by atoms with Gasteiger partial charge in [-0.05, 0) is 67.5 Å². The van der Waals surface area contributed by atoms with E-state index in [2.05, 4.69) is 11.4 Å². The van der Waals surface area contributed by atoms with E-state index < -0.39 is 0 Å². The zero-order valence-electron chi connectivity index (χ0n) is 17.9. The van der Waals surface area contributed by atoms with Crippen molar-refractivity contribution >= 4 is 29.4 Å². The number of ether oxygens (including phenoxy) is 1. The molecule has 0 radical (unpaired) electrons. The van der Waals surface area contributed by atoms with Gasteiger partial charge in [0.1, 0.15) is 0 Å².